The van der Waals surface area contributed by atoms with E-state index in [2.05, 4.69) is 71.0 Å². The minimum absolute atomic E-state index is 0.324. The summed E-state index contributed by atoms with van der Waals surface area (Å²) in [4.78, 5) is 11.1. The molecule has 232 valence electrons. The Morgan fingerprint density at radius 2 is 1.00 bits per heavy atom. The summed E-state index contributed by atoms with van der Waals surface area (Å²) in [6.45, 7) is 11.8. The third-order valence-electron chi connectivity index (χ3n) is 8.11. The van der Waals surface area contributed by atoms with E-state index in [1.807, 2.05) is 0 Å². The van der Waals surface area contributed by atoms with Crippen LogP contribution in [-0.2, 0) is 34.7 Å². The summed E-state index contributed by atoms with van der Waals surface area (Å²) in [6, 6.07) is 14.0. The normalized spacial score (nSPS) is 12.4. The molecule has 0 fully saturated rings. The Morgan fingerprint density at radius 1 is 0.561 bits per heavy atom. The molecule has 1 atom stereocenters. The maximum atomic E-state index is 11.1. The molecule has 2 rings (SSSR count). The van der Waals surface area contributed by atoms with E-state index in [4.69, 9.17) is 9.05 Å². The number of rotatable bonds is 24. The molecule has 0 aliphatic carbocycles. The van der Waals surface area contributed by atoms with Crippen molar-refractivity contribution in [2.75, 3.05) is 6.61 Å². The Morgan fingerprint density at radius 3 is 1.49 bits per heavy atom. The lowest BCUT2D eigenvalue weighted by molar-refractivity contribution is 0.163. The van der Waals surface area contributed by atoms with E-state index in [0.717, 1.165) is 64.2 Å². The lowest BCUT2D eigenvalue weighted by Crippen LogP contribution is -2.12. The van der Waals surface area contributed by atoms with Crippen LogP contribution in [0.15, 0.2) is 36.4 Å². The van der Waals surface area contributed by atoms with Crippen molar-refractivity contribution in [1.29, 1.82) is 0 Å². The van der Waals surface area contributed by atoms with E-state index >= 15 is 0 Å². The molecule has 2 aromatic carbocycles. The second-order valence-electron chi connectivity index (χ2n) is 11.8. The van der Waals surface area contributed by atoms with Gasteiger partial charge in [-0.1, -0.05) is 129 Å². The van der Waals surface area contributed by atoms with E-state index in [-0.39, 0.29) is 6.10 Å². The summed E-state index contributed by atoms with van der Waals surface area (Å²) in [7, 11) is -1.98. The van der Waals surface area contributed by atoms with Gasteiger partial charge >= 0.3 is 8.60 Å². The Labute approximate surface area is 254 Å². The highest BCUT2D eigenvalue weighted by atomic mass is 31.2. The molecule has 41 heavy (non-hydrogen) atoms. The van der Waals surface area contributed by atoms with Crippen LogP contribution in [0.4, 0.5) is 0 Å². The van der Waals surface area contributed by atoms with E-state index in [1.165, 1.54) is 84.7 Å². The molecular formula is C37H61O3P. The highest BCUT2D eigenvalue weighted by Crippen LogP contribution is 2.45. The molecule has 3 nitrogen and oxygen atoms in total. The van der Waals surface area contributed by atoms with Crippen LogP contribution in [0.25, 0.3) is 0 Å². The molecule has 0 aliphatic rings. The maximum Gasteiger partial charge on any atom is 0.330 e. The molecule has 0 bridgehead atoms. The van der Waals surface area contributed by atoms with Gasteiger partial charge in [-0.05, 0) is 91.2 Å². The van der Waals surface area contributed by atoms with Gasteiger partial charge in [0.15, 0.2) is 0 Å². The molecule has 4 heteroatoms. The molecule has 0 saturated carbocycles. The molecule has 0 heterocycles. The van der Waals surface area contributed by atoms with Crippen molar-refractivity contribution < 1.29 is 13.9 Å². The lowest BCUT2D eigenvalue weighted by atomic mass is 9.87. The largest absolute Gasteiger partial charge is 0.330 e. The zero-order valence-corrected chi connectivity index (χ0v) is 28.1. The first-order valence-electron chi connectivity index (χ1n) is 17.1. The van der Waals surface area contributed by atoms with Gasteiger partial charge in [-0.15, -0.1) is 0 Å². The molecule has 1 N–H and O–H groups in total. The SMILES string of the molecule is CCCCCCCCOP(O)OC(c1ccc(CCCC)cc1CCCC)c1ccc(CCCC)cc1CCCC. The average molecular weight is 585 g/mol. The van der Waals surface area contributed by atoms with Crippen LogP contribution in [0.1, 0.15) is 164 Å². The number of benzene rings is 2. The van der Waals surface area contributed by atoms with Crippen LogP contribution < -0.4 is 0 Å². The summed E-state index contributed by atoms with van der Waals surface area (Å²) in [6.07, 6.45) is 20.6. The summed E-state index contributed by atoms with van der Waals surface area (Å²) < 4.78 is 12.5. The monoisotopic (exact) mass is 584 g/mol. The van der Waals surface area contributed by atoms with Gasteiger partial charge in [-0.2, -0.15) is 0 Å². The smallest absolute Gasteiger partial charge is 0.328 e. The molecule has 0 saturated heterocycles. The second-order valence-corrected chi connectivity index (χ2v) is 12.7. The highest BCUT2D eigenvalue weighted by molar-refractivity contribution is 7.40. The van der Waals surface area contributed by atoms with E-state index in [0.29, 0.717) is 6.61 Å². The molecule has 2 aromatic rings. The number of unbranched alkanes of at least 4 members (excludes halogenated alkanes) is 9. The van der Waals surface area contributed by atoms with Crippen molar-refractivity contribution in [1.82, 2.24) is 0 Å². The first kappa shape index (κ1) is 35.9. The predicted octanol–water partition coefficient (Wildman–Crippen LogP) is 11.8. The fourth-order valence-corrected chi connectivity index (χ4v) is 6.25. The van der Waals surface area contributed by atoms with Gasteiger partial charge in [-0.3, -0.25) is 4.52 Å². The van der Waals surface area contributed by atoms with Crippen molar-refractivity contribution in [2.45, 2.75) is 156 Å². The third kappa shape index (κ3) is 13.7. The zero-order valence-electron chi connectivity index (χ0n) is 27.2. The van der Waals surface area contributed by atoms with Gasteiger partial charge in [0.05, 0.1) is 6.61 Å². The Kier molecular flexibility index (Phi) is 19.6. The molecule has 0 amide bonds. The maximum absolute atomic E-state index is 11.1. The summed E-state index contributed by atoms with van der Waals surface area (Å²) in [5.74, 6) is 0. The third-order valence-corrected chi connectivity index (χ3v) is 8.91. The Bertz CT molecular complexity index is 880. The summed E-state index contributed by atoms with van der Waals surface area (Å²) in [5, 5.41) is 0. The fraction of sp³-hybridized carbons (Fsp3) is 0.676. The van der Waals surface area contributed by atoms with Crippen LogP contribution in [0, 0.1) is 0 Å². The topological polar surface area (TPSA) is 38.7 Å². The van der Waals surface area contributed by atoms with Gasteiger partial charge in [0.2, 0.25) is 0 Å². The van der Waals surface area contributed by atoms with Gasteiger partial charge in [-0.25, -0.2) is 0 Å². The minimum Gasteiger partial charge on any atom is -0.328 e. The quantitative estimate of drug-likeness (QED) is 0.0985. The van der Waals surface area contributed by atoms with Crippen molar-refractivity contribution in [3.8, 4) is 0 Å². The standard InChI is InChI=1S/C37H61O3P/c1-6-11-16-17-18-19-28-39-41(38)40-37(35-26-24-31(20-12-7-2)29-33(35)22-14-9-4)36-27-25-32(21-13-8-3)30-34(36)23-15-10-5/h24-27,29-30,37-38H,6-23,28H2,1-5H3. The van der Waals surface area contributed by atoms with Crippen LogP contribution >= 0.6 is 8.60 Å². The van der Waals surface area contributed by atoms with Crippen LogP contribution in [0.2, 0.25) is 0 Å². The second kappa shape index (κ2) is 22.3. The fourth-order valence-electron chi connectivity index (χ4n) is 5.50. The molecule has 0 aliphatic heterocycles. The summed E-state index contributed by atoms with van der Waals surface area (Å²) >= 11 is 0. The van der Waals surface area contributed by atoms with Crippen LogP contribution in [-0.4, -0.2) is 11.5 Å². The van der Waals surface area contributed by atoms with E-state index in [9.17, 15) is 4.89 Å². The van der Waals surface area contributed by atoms with Crippen molar-refractivity contribution in [3.05, 3.63) is 69.8 Å². The molecule has 0 aromatic heterocycles. The Hall–Kier alpha value is -1.25. The van der Waals surface area contributed by atoms with Crippen LogP contribution in [0.3, 0.4) is 0 Å². The lowest BCUT2D eigenvalue weighted by Gasteiger charge is -2.26. The number of hydrogen-bond donors (Lipinski definition) is 1. The first-order valence-corrected chi connectivity index (χ1v) is 18.2. The highest BCUT2D eigenvalue weighted by Gasteiger charge is 2.26. The first-order chi connectivity index (χ1) is 20.1. The Balaban J connectivity index is 2.40. The number of hydrogen-bond acceptors (Lipinski definition) is 3. The van der Waals surface area contributed by atoms with Crippen molar-refractivity contribution in [2.24, 2.45) is 0 Å². The molecule has 0 spiro atoms. The molecule has 0 radical (unpaired) electrons. The van der Waals surface area contributed by atoms with E-state index < -0.39 is 8.60 Å². The zero-order chi connectivity index (χ0) is 29.7. The number of aryl methyl sites for hydroxylation is 4. The molecule has 1 unspecified atom stereocenters. The predicted molar refractivity (Wildman–Crippen MR) is 179 cm³/mol. The summed E-state index contributed by atoms with van der Waals surface area (Å²) in [5.41, 5.74) is 7.94. The van der Waals surface area contributed by atoms with Gasteiger partial charge in [0.25, 0.3) is 0 Å². The van der Waals surface area contributed by atoms with Gasteiger partial charge in [0, 0.05) is 0 Å². The van der Waals surface area contributed by atoms with E-state index in [1.54, 1.807) is 0 Å². The van der Waals surface area contributed by atoms with Crippen molar-refractivity contribution in [3.63, 3.8) is 0 Å². The minimum atomic E-state index is -1.98. The van der Waals surface area contributed by atoms with Crippen LogP contribution in [0.5, 0.6) is 0 Å². The average Bonchev–Trinajstić information content (AvgIpc) is 2.99. The van der Waals surface area contributed by atoms with Gasteiger partial charge < -0.3 is 9.42 Å². The molecular weight excluding hydrogens is 523 g/mol. The van der Waals surface area contributed by atoms with Gasteiger partial charge in [0.1, 0.15) is 6.10 Å². The van der Waals surface area contributed by atoms with Crippen molar-refractivity contribution >= 4 is 8.60 Å².